The highest BCUT2D eigenvalue weighted by Crippen LogP contribution is 2.28. The Kier molecular flexibility index (Phi) is 3.83. The Morgan fingerprint density at radius 1 is 1.32 bits per heavy atom. The van der Waals surface area contributed by atoms with Gasteiger partial charge < -0.3 is 0 Å². The molecule has 1 saturated heterocycles. The molecule has 0 aromatic carbocycles. The standard InChI is InChI=1S/C13H20N4OS/c14-15-13(18)12-4-3-11(19-12)9-16-5-7-17(8-6-16)10-1-2-10/h3-4,10H,1-2,5-9,14H2,(H,15,18). The first-order chi connectivity index (χ1) is 9.26. The van der Waals surface area contributed by atoms with Gasteiger partial charge in [-0.1, -0.05) is 0 Å². The van der Waals surface area contributed by atoms with Crippen molar-refractivity contribution in [3.05, 3.63) is 21.9 Å². The minimum absolute atomic E-state index is 0.199. The van der Waals surface area contributed by atoms with Gasteiger partial charge in [0.15, 0.2) is 0 Å². The molecule has 3 N–H and O–H groups in total. The zero-order valence-corrected chi connectivity index (χ0v) is 11.8. The van der Waals surface area contributed by atoms with Crippen molar-refractivity contribution in [2.75, 3.05) is 26.2 Å². The molecule has 2 heterocycles. The number of hydrogen-bond donors (Lipinski definition) is 2. The van der Waals surface area contributed by atoms with Gasteiger partial charge in [0.2, 0.25) is 0 Å². The van der Waals surface area contributed by atoms with Crippen LogP contribution in [0.4, 0.5) is 0 Å². The first kappa shape index (κ1) is 13.1. The van der Waals surface area contributed by atoms with Crippen molar-refractivity contribution >= 4 is 17.2 Å². The molecule has 6 heteroatoms. The van der Waals surface area contributed by atoms with Crippen molar-refractivity contribution in [3.63, 3.8) is 0 Å². The molecule has 0 atom stereocenters. The summed E-state index contributed by atoms with van der Waals surface area (Å²) in [5.41, 5.74) is 2.17. The van der Waals surface area contributed by atoms with Gasteiger partial charge in [0.1, 0.15) is 0 Å². The van der Waals surface area contributed by atoms with E-state index >= 15 is 0 Å². The fraction of sp³-hybridized carbons (Fsp3) is 0.615. The molecule has 1 aliphatic heterocycles. The van der Waals surface area contributed by atoms with Crippen molar-refractivity contribution in [1.29, 1.82) is 0 Å². The molecule has 1 saturated carbocycles. The van der Waals surface area contributed by atoms with Gasteiger partial charge in [-0.3, -0.25) is 20.0 Å². The molecule has 1 amide bonds. The number of nitrogens with zero attached hydrogens (tertiary/aromatic N) is 2. The van der Waals surface area contributed by atoms with Crippen LogP contribution in [0.1, 0.15) is 27.4 Å². The van der Waals surface area contributed by atoms with Crippen LogP contribution in [0, 0.1) is 0 Å². The molecule has 1 aromatic heterocycles. The van der Waals surface area contributed by atoms with E-state index in [0.717, 1.165) is 25.7 Å². The van der Waals surface area contributed by atoms with Gasteiger partial charge in [-0.2, -0.15) is 0 Å². The number of thiophene rings is 1. The van der Waals surface area contributed by atoms with Crippen LogP contribution in [0.3, 0.4) is 0 Å². The Morgan fingerprint density at radius 2 is 2.05 bits per heavy atom. The average Bonchev–Trinajstić information content (AvgIpc) is 3.19. The van der Waals surface area contributed by atoms with Crippen molar-refractivity contribution in [3.8, 4) is 0 Å². The van der Waals surface area contributed by atoms with E-state index < -0.39 is 0 Å². The molecule has 1 aliphatic carbocycles. The van der Waals surface area contributed by atoms with Gasteiger partial charge in [0, 0.05) is 43.6 Å². The second-order valence-electron chi connectivity index (χ2n) is 5.28. The summed E-state index contributed by atoms with van der Waals surface area (Å²) in [6, 6.07) is 4.76. The normalized spacial score (nSPS) is 21.5. The topological polar surface area (TPSA) is 61.6 Å². The van der Waals surface area contributed by atoms with E-state index in [4.69, 9.17) is 5.84 Å². The summed E-state index contributed by atoms with van der Waals surface area (Å²) in [6.45, 7) is 5.58. The fourth-order valence-electron chi connectivity index (χ4n) is 2.60. The minimum atomic E-state index is -0.199. The van der Waals surface area contributed by atoms with Crippen LogP contribution in [0.5, 0.6) is 0 Å². The number of hydrogen-bond acceptors (Lipinski definition) is 5. The van der Waals surface area contributed by atoms with Crippen molar-refractivity contribution < 1.29 is 4.79 Å². The molecule has 0 radical (unpaired) electrons. The molecule has 5 nitrogen and oxygen atoms in total. The van der Waals surface area contributed by atoms with Gasteiger partial charge in [-0.05, 0) is 25.0 Å². The third-order valence-corrected chi connectivity index (χ3v) is 4.93. The maximum Gasteiger partial charge on any atom is 0.275 e. The average molecular weight is 280 g/mol. The quantitative estimate of drug-likeness (QED) is 0.482. The summed E-state index contributed by atoms with van der Waals surface area (Å²) < 4.78 is 0. The summed E-state index contributed by atoms with van der Waals surface area (Å²) in [5.74, 6) is 4.94. The largest absolute Gasteiger partial charge is 0.298 e. The Labute approximate surface area is 117 Å². The third-order valence-electron chi connectivity index (χ3n) is 3.87. The molecule has 3 rings (SSSR count). The Morgan fingerprint density at radius 3 is 2.68 bits per heavy atom. The van der Waals surface area contributed by atoms with E-state index in [0.29, 0.717) is 4.88 Å². The van der Waals surface area contributed by atoms with Gasteiger partial charge in [-0.15, -0.1) is 11.3 Å². The number of rotatable bonds is 4. The monoisotopic (exact) mass is 280 g/mol. The molecule has 0 unspecified atom stereocenters. The number of nitrogens with one attached hydrogen (secondary N) is 1. The number of nitrogens with two attached hydrogens (primary N) is 1. The number of carbonyl (C=O) groups excluding carboxylic acids is 1. The fourth-order valence-corrected chi connectivity index (χ4v) is 3.56. The second kappa shape index (κ2) is 5.58. The maximum absolute atomic E-state index is 11.4. The number of amides is 1. The molecular weight excluding hydrogens is 260 g/mol. The first-order valence-electron chi connectivity index (χ1n) is 6.82. The summed E-state index contributed by atoms with van der Waals surface area (Å²) >= 11 is 1.53. The van der Waals surface area contributed by atoms with Crippen LogP contribution in [0.25, 0.3) is 0 Å². The highest BCUT2D eigenvalue weighted by Gasteiger charge is 2.31. The smallest absolute Gasteiger partial charge is 0.275 e. The van der Waals surface area contributed by atoms with Gasteiger partial charge in [0.05, 0.1) is 4.88 Å². The molecule has 1 aromatic rings. The van der Waals surface area contributed by atoms with Crippen LogP contribution in [-0.2, 0) is 6.54 Å². The van der Waals surface area contributed by atoms with E-state index in [1.54, 1.807) is 0 Å². The van der Waals surface area contributed by atoms with Gasteiger partial charge >= 0.3 is 0 Å². The molecule has 0 bridgehead atoms. The number of carbonyl (C=O) groups is 1. The lowest BCUT2D eigenvalue weighted by Gasteiger charge is -2.34. The van der Waals surface area contributed by atoms with Crippen LogP contribution in [-0.4, -0.2) is 47.9 Å². The lowest BCUT2D eigenvalue weighted by Crippen LogP contribution is -2.46. The van der Waals surface area contributed by atoms with Crippen LogP contribution in [0.15, 0.2) is 12.1 Å². The summed E-state index contributed by atoms with van der Waals surface area (Å²) in [6.07, 6.45) is 2.78. The molecule has 2 aliphatic rings. The first-order valence-corrected chi connectivity index (χ1v) is 7.64. The second-order valence-corrected chi connectivity index (χ2v) is 6.45. The van der Waals surface area contributed by atoms with E-state index in [-0.39, 0.29) is 5.91 Å². The zero-order valence-electron chi connectivity index (χ0n) is 11.0. The number of nitrogen functional groups attached to an aromatic ring is 1. The number of piperazine rings is 1. The van der Waals surface area contributed by atoms with Crippen molar-refractivity contribution in [2.45, 2.75) is 25.4 Å². The third kappa shape index (κ3) is 3.14. The highest BCUT2D eigenvalue weighted by molar-refractivity contribution is 7.14. The lowest BCUT2D eigenvalue weighted by atomic mass is 10.3. The van der Waals surface area contributed by atoms with Crippen molar-refractivity contribution in [1.82, 2.24) is 15.2 Å². The molecule has 0 spiro atoms. The Balaban J connectivity index is 1.51. The highest BCUT2D eigenvalue weighted by atomic mass is 32.1. The summed E-state index contributed by atoms with van der Waals surface area (Å²) in [4.78, 5) is 18.4. The molecule has 19 heavy (non-hydrogen) atoms. The summed E-state index contributed by atoms with van der Waals surface area (Å²) in [5, 5.41) is 0. The van der Waals surface area contributed by atoms with E-state index in [1.165, 1.54) is 42.1 Å². The molecule has 2 fully saturated rings. The summed E-state index contributed by atoms with van der Waals surface area (Å²) in [7, 11) is 0. The Hall–Kier alpha value is -0.950. The van der Waals surface area contributed by atoms with Crippen LogP contribution in [0.2, 0.25) is 0 Å². The van der Waals surface area contributed by atoms with Gasteiger partial charge in [0.25, 0.3) is 5.91 Å². The zero-order chi connectivity index (χ0) is 13.2. The lowest BCUT2D eigenvalue weighted by molar-refractivity contribution is 0.0957. The van der Waals surface area contributed by atoms with Gasteiger partial charge in [-0.25, -0.2) is 5.84 Å². The van der Waals surface area contributed by atoms with E-state index in [1.807, 2.05) is 12.1 Å². The number of hydrazine groups is 1. The predicted molar refractivity (Wildman–Crippen MR) is 75.8 cm³/mol. The molecular formula is C13H20N4OS. The van der Waals surface area contributed by atoms with Crippen LogP contribution < -0.4 is 11.3 Å². The van der Waals surface area contributed by atoms with E-state index in [9.17, 15) is 4.79 Å². The van der Waals surface area contributed by atoms with E-state index in [2.05, 4.69) is 15.2 Å². The SMILES string of the molecule is NNC(=O)c1ccc(CN2CCN(C3CC3)CC2)s1. The predicted octanol–water partition coefficient (Wildman–Crippen LogP) is 0.632. The minimum Gasteiger partial charge on any atom is -0.298 e. The van der Waals surface area contributed by atoms with Crippen LogP contribution >= 0.6 is 11.3 Å². The Bertz CT molecular complexity index is 449. The maximum atomic E-state index is 11.4. The van der Waals surface area contributed by atoms with Crippen molar-refractivity contribution in [2.24, 2.45) is 5.84 Å². The molecule has 104 valence electrons.